The lowest BCUT2D eigenvalue weighted by molar-refractivity contribution is 0.103. The minimum absolute atomic E-state index is 0.191. The Morgan fingerprint density at radius 3 is 2.62 bits per heavy atom. The highest BCUT2D eigenvalue weighted by Crippen LogP contribution is 2.33. The Kier molecular flexibility index (Phi) is 4.91. The fraction of sp³-hybridized carbons (Fsp3) is 0.0870. The highest BCUT2D eigenvalue weighted by Gasteiger charge is 2.15. The summed E-state index contributed by atoms with van der Waals surface area (Å²) in [4.78, 5) is 21.0. The third kappa shape index (κ3) is 3.65. The van der Waals surface area contributed by atoms with Crippen LogP contribution >= 0.6 is 0 Å². The molecule has 29 heavy (non-hydrogen) atoms. The fourth-order valence-electron chi connectivity index (χ4n) is 3.09. The smallest absolute Gasteiger partial charge is 0.231 e. The zero-order chi connectivity index (χ0) is 20.4. The van der Waals surface area contributed by atoms with Gasteiger partial charge in [-0.1, -0.05) is 30.3 Å². The lowest BCUT2D eigenvalue weighted by Crippen LogP contribution is -2.04. The molecule has 4 rings (SSSR count). The summed E-state index contributed by atoms with van der Waals surface area (Å²) >= 11 is 0. The number of rotatable bonds is 5. The molecular weight excluding hydrogens is 369 g/mol. The normalized spacial score (nSPS) is 10.7. The van der Waals surface area contributed by atoms with Crippen molar-refractivity contribution in [2.75, 3.05) is 7.11 Å². The molecule has 5 nitrogen and oxygen atoms in total. The topological polar surface area (TPSA) is 57.0 Å². The molecule has 0 saturated heterocycles. The summed E-state index contributed by atoms with van der Waals surface area (Å²) in [6, 6.07) is 15.8. The van der Waals surface area contributed by atoms with Gasteiger partial charge in [0.2, 0.25) is 5.78 Å². The molecule has 0 fully saturated rings. The monoisotopic (exact) mass is 387 g/mol. The molecule has 0 spiro atoms. The van der Waals surface area contributed by atoms with Gasteiger partial charge in [0.1, 0.15) is 17.7 Å². The van der Waals surface area contributed by atoms with Crippen LogP contribution in [-0.2, 0) is 0 Å². The van der Waals surface area contributed by atoms with Gasteiger partial charge >= 0.3 is 0 Å². The molecule has 144 valence electrons. The van der Waals surface area contributed by atoms with Crippen molar-refractivity contribution in [3.05, 3.63) is 96.1 Å². The number of hydrogen-bond acceptors (Lipinski definition) is 4. The van der Waals surface area contributed by atoms with Gasteiger partial charge in [0.25, 0.3) is 0 Å². The molecular formula is C23H18FN3O2. The van der Waals surface area contributed by atoms with Crippen LogP contribution in [0.2, 0.25) is 0 Å². The minimum Gasteiger partial charge on any atom is -0.493 e. The number of halogens is 1. The quantitative estimate of drug-likeness (QED) is 0.469. The number of aryl methyl sites for hydroxylation is 1. The van der Waals surface area contributed by atoms with E-state index in [1.165, 1.54) is 13.2 Å². The average molecular weight is 387 g/mol. The number of para-hydroxylation sites is 1. The van der Waals surface area contributed by atoms with E-state index in [-0.39, 0.29) is 11.5 Å². The highest BCUT2D eigenvalue weighted by atomic mass is 19.1. The minimum atomic E-state index is -0.420. The second kappa shape index (κ2) is 7.67. The summed E-state index contributed by atoms with van der Waals surface area (Å²) in [6.07, 6.45) is 4.88. The van der Waals surface area contributed by atoms with Crippen molar-refractivity contribution < 1.29 is 13.9 Å². The molecule has 0 aliphatic carbocycles. The van der Waals surface area contributed by atoms with E-state index in [0.29, 0.717) is 17.0 Å². The van der Waals surface area contributed by atoms with Gasteiger partial charge < -0.3 is 9.30 Å². The summed E-state index contributed by atoms with van der Waals surface area (Å²) in [5.41, 5.74) is 3.86. The number of methoxy groups -OCH3 is 1. The molecule has 0 radical (unpaired) electrons. The Morgan fingerprint density at radius 2 is 1.86 bits per heavy atom. The predicted octanol–water partition coefficient (Wildman–Crippen LogP) is 4.62. The van der Waals surface area contributed by atoms with Gasteiger partial charge in [-0.2, -0.15) is 0 Å². The summed E-state index contributed by atoms with van der Waals surface area (Å²) in [7, 11) is 1.44. The second-order valence-corrected chi connectivity index (χ2v) is 6.59. The molecule has 0 aliphatic heterocycles. The Hall–Kier alpha value is -3.80. The lowest BCUT2D eigenvalue weighted by Gasteiger charge is -2.11. The van der Waals surface area contributed by atoms with Crippen LogP contribution in [0.5, 0.6) is 5.75 Å². The van der Waals surface area contributed by atoms with E-state index in [1.807, 2.05) is 37.3 Å². The SMILES string of the molecule is COc1c(F)cccc1-c1cccc(-n2cnc(C(=O)c3ccc(C)cn3)c2)c1. The molecule has 2 aromatic heterocycles. The first-order chi connectivity index (χ1) is 14.1. The first-order valence-electron chi connectivity index (χ1n) is 9.01. The highest BCUT2D eigenvalue weighted by molar-refractivity contribution is 6.06. The number of ketones is 1. The number of aromatic nitrogens is 3. The van der Waals surface area contributed by atoms with Crippen molar-refractivity contribution >= 4 is 5.78 Å². The van der Waals surface area contributed by atoms with E-state index in [0.717, 1.165) is 16.8 Å². The van der Waals surface area contributed by atoms with E-state index in [9.17, 15) is 9.18 Å². The molecule has 0 N–H and O–H groups in total. The number of ether oxygens (including phenoxy) is 1. The molecule has 2 aromatic carbocycles. The van der Waals surface area contributed by atoms with Gasteiger partial charge in [-0.05, 0) is 42.3 Å². The van der Waals surface area contributed by atoms with Crippen LogP contribution in [0.1, 0.15) is 21.7 Å². The number of imidazole rings is 1. The number of carbonyl (C=O) groups excluding carboxylic acids is 1. The maximum Gasteiger partial charge on any atom is 0.231 e. The summed E-state index contributed by atoms with van der Waals surface area (Å²) in [5, 5.41) is 0. The van der Waals surface area contributed by atoms with E-state index in [1.54, 1.807) is 41.5 Å². The maximum atomic E-state index is 14.1. The first kappa shape index (κ1) is 18.6. The third-order valence-corrected chi connectivity index (χ3v) is 4.59. The zero-order valence-corrected chi connectivity index (χ0v) is 16.0. The molecule has 0 amide bonds. The van der Waals surface area contributed by atoms with Crippen molar-refractivity contribution in [1.29, 1.82) is 0 Å². The third-order valence-electron chi connectivity index (χ3n) is 4.59. The van der Waals surface area contributed by atoms with Crippen LogP contribution in [-0.4, -0.2) is 27.4 Å². The molecule has 2 heterocycles. The number of nitrogens with zero attached hydrogens (tertiary/aromatic N) is 3. The van der Waals surface area contributed by atoms with E-state index >= 15 is 0 Å². The van der Waals surface area contributed by atoms with Crippen LogP contribution in [0.3, 0.4) is 0 Å². The predicted molar refractivity (Wildman–Crippen MR) is 108 cm³/mol. The summed E-state index contributed by atoms with van der Waals surface area (Å²) in [6.45, 7) is 1.91. The van der Waals surface area contributed by atoms with Gasteiger partial charge in [-0.15, -0.1) is 0 Å². The van der Waals surface area contributed by atoms with Crippen molar-refractivity contribution in [2.24, 2.45) is 0 Å². The summed E-state index contributed by atoms with van der Waals surface area (Å²) < 4.78 is 21.0. The molecule has 0 unspecified atom stereocenters. The van der Waals surface area contributed by atoms with Gasteiger partial charge in [0, 0.05) is 23.6 Å². The molecule has 6 heteroatoms. The molecule has 0 bridgehead atoms. The van der Waals surface area contributed by atoms with Crippen molar-refractivity contribution in [3.8, 4) is 22.6 Å². The molecule has 0 saturated carbocycles. The number of benzene rings is 2. The maximum absolute atomic E-state index is 14.1. The molecule has 0 atom stereocenters. The number of hydrogen-bond donors (Lipinski definition) is 0. The number of carbonyl (C=O) groups is 1. The van der Waals surface area contributed by atoms with Crippen LogP contribution < -0.4 is 4.74 Å². The van der Waals surface area contributed by atoms with Gasteiger partial charge in [0.05, 0.1) is 7.11 Å². The largest absolute Gasteiger partial charge is 0.493 e. The zero-order valence-electron chi connectivity index (χ0n) is 16.0. The standard InChI is InChI=1S/C23H18FN3O2/c1-15-9-10-20(25-12-15)22(28)21-13-27(14-26-21)17-6-3-5-16(11-17)18-7-4-8-19(24)23(18)29-2/h3-14H,1-2H3. The number of pyridine rings is 1. The van der Waals surface area contributed by atoms with Crippen LogP contribution in [0.25, 0.3) is 16.8 Å². The Bertz CT molecular complexity index is 1180. The van der Waals surface area contributed by atoms with E-state index in [2.05, 4.69) is 9.97 Å². The molecule has 4 aromatic rings. The Morgan fingerprint density at radius 1 is 1.03 bits per heavy atom. The van der Waals surface area contributed by atoms with Gasteiger partial charge in [-0.25, -0.2) is 9.37 Å². The van der Waals surface area contributed by atoms with Crippen molar-refractivity contribution in [1.82, 2.24) is 14.5 Å². The Balaban J connectivity index is 1.67. The van der Waals surface area contributed by atoms with Gasteiger partial charge in [0.15, 0.2) is 11.6 Å². The van der Waals surface area contributed by atoms with E-state index < -0.39 is 5.82 Å². The van der Waals surface area contributed by atoms with Crippen LogP contribution in [0, 0.1) is 12.7 Å². The first-order valence-corrected chi connectivity index (χ1v) is 9.01. The fourth-order valence-corrected chi connectivity index (χ4v) is 3.09. The average Bonchev–Trinajstić information content (AvgIpc) is 3.24. The molecule has 0 aliphatic rings. The van der Waals surface area contributed by atoms with Crippen LogP contribution in [0.4, 0.5) is 4.39 Å². The van der Waals surface area contributed by atoms with Crippen molar-refractivity contribution in [2.45, 2.75) is 6.92 Å². The Labute approximate surface area is 167 Å². The van der Waals surface area contributed by atoms with Crippen LogP contribution in [0.15, 0.2) is 73.3 Å². The van der Waals surface area contributed by atoms with Gasteiger partial charge in [-0.3, -0.25) is 9.78 Å². The lowest BCUT2D eigenvalue weighted by atomic mass is 10.0. The summed E-state index contributed by atoms with van der Waals surface area (Å²) in [5.74, 6) is -0.472. The van der Waals surface area contributed by atoms with E-state index in [4.69, 9.17) is 4.74 Å². The second-order valence-electron chi connectivity index (χ2n) is 6.59. The van der Waals surface area contributed by atoms with Crippen molar-refractivity contribution in [3.63, 3.8) is 0 Å².